The molecule has 1 aromatic heterocycles. The summed E-state index contributed by atoms with van der Waals surface area (Å²) >= 11 is 0. The molecule has 1 atom stereocenters. The Morgan fingerprint density at radius 1 is 1.06 bits per heavy atom. The topological polar surface area (TPSA) is 37.7 Å². The molecule has 0 saturated carbocycles. The van der Waals surface area contributed by atoms with Gasteiger partial charge < -0.3 is 9.64 Å². The Hall–Kier alpha value is -3.28. The van der Waals surface area contributed by atoms with Gasteiger partial charge in [0.1, 0.15) is 17.7 Å². The highest BCUT2D eigenvalue weighted by Crippen LogP contribution is 2.36. The van der Waals surface area contributed by atoms with Gasteiger partial charge in [0.2, 0.25) is 5.88 Å². The first-order valence-electron chi connectivity index (χ1n) is 11.3. The van der Waals surface area contributed by atoms with Gasteiger partial charge in [-0.2, -0.15) is 0 Å². The zero-order chi connectivity index (χ0) is 24.0. The maximum Gasteiger partial charge on any atom is 0.222 e. The second-order valence-electron chi connectivity index (χ2n) is 8.17. The van der Waals surface area contributed by atoms with Crippen LogP contribution in [0, 0.1) is 18.6 Å². The van der Waals surface area contributed by atoms with Crippen molar-refractivity contribution in [3.8, 4) is 17.0 Å². The summed E-state index contributed by atoms with van der Waals surface area (Å²) in [4.78, 5) is 11.3. The van der Waals surface area contributed by atoms with E-state index in [1.807, 2.05) is 44.0 Å². The molecule has 174 valence electrons. The zero-order valence-electron chi connectivity index (χ0n) is 19.9. The number of aryl methyl sites for hydroxylation is 2. The minimum atomic E-state index is -0.638. The average molecular weight is 452 g/mol. The standard InChI is InChI=1S/C27H31F2N3O/c1-6-8-20-9-11-21(12-10-20)25-16-26(30-17-32(5)7-2)18(3)31-27(25)33-19(4)22-13-23(28)15-24(29)14-22/h9-17,19H,6-8H2,1-5H3/b30-17+. The van der Waals surface area contributed by atoms with E-state index in [1.165, 1.54) is 17.7 Å². The molecule has 0 aliphatic carbocycles. The molecule has 1 heterocycles. The summed E-state index contributed by atoms with van der Waals surface area (Å²) in [6, 6.07) is 13.6. The van der Waals surface area contributed by atoms with E-state index in [9.17, 15) is 8.78 Å². The van der Waals surface area contributed by atoms with Crippen LogP contribution in [-0.2, 0) is 6.42 Å². The number of ether oxygens (including phenoxy) is 1. The first-order valence-corrected chi connectivity index (χ1v) is 11.3. The molecule has 33 heavy (non-hydrogen) atoms. The Balaban J connectivity index is 2.03. The van der Waals surface area contributed by atoms with Gasteiger partial charge in [0, 0.05) is 25.2 Å². The van der Waals surface area contributed by atoms with Crippen molar-refractivity contribution >= 4 is 12.0 Å². The highest BCUT2D eigenvalue weighted by molar-refractivity contribution is 5.74. The van der Waals surface area contributed by atoms with Crippen LogP contribution in [0.15, 0.2) is 53.5 Å². The third kappa shape index (κ3) is 6.37. The third-order valence-corrected chi connectivity index (χ3v) is 5.49. The van der Waals surface area contributed by atoms with Gasteiger partial charge in [0.05, 0.1) is 17.7 Å². The van der Waals surface area contributed by atoms with Crippen LogP contribution in [0.3, 0.4) is 0 Å². The minimum absolute atomic E-state index is 0.399. The quantitative estimate of drug-likeness (QED) is 0.259. The van der Waals surface area contributed by atoms with E-state index in [0.717, 1.165) is 42.3 Å². The highest BCUT2D eigenvalue weighted by atomic mass is 19.1. The van der Waals surface area contributed by atoms with Crippen molar-refractivity contribution < 1.29 is 13.5 Å². The Bertz CT molecular complexity index is 1090. The summed E-state index contributed by atoms with van der Waals surface area (Å²) in [6.45, 7) is 8.66. The Labute approximate surface area is 195 Å². The molecular formula is C27H31F2N3O. The smallest absolute Gasteiger partial charge is 0.222 e. The van der Waals surface area contributed by atoms with Crippen LogP contribution in [0.4, 0.5) is 14.5 Å². The van der Waals surface area contributed by atoms with E-state index in [2.05, 4.69) is 29.0 Å². The number of rotatable bonds is 9. The van der Waals surface area contributed by atoms with Gasteiger partial charge in [-0.1, -0.05) is 37.6 Å². The molecule has 0 saturated heterocycles. The highest BCUT2D eigenvalue weighted by Gasteiger charge is 2.17. The molecule has 0 aliphatic heterocycles. The molecule has 1 unspecified atom stereocenters. The zero-order valence-corrected chi connectivity index (χ0v) is 19.9. The Morgan fingerprint density at radius 3 is 2.33 bits per heavy atom. The molecule has 0 aliphatic rings. The van der Waals surface area contributed by atoms with Gasteiger partial charge in [-0.05, 0) is 62.1 Å². The molecule has 0 radical (unpaired) electrons. The fourth-order valence-electron chi connectivity index (χ4n) is 3.43. The van der Waals surface area contributed by atoms with Gasteiger partial charge in [-0.25, -0.2) is 18.8 Å². The molecule has 3 rings (SSSR count). The summed E-state index contributed by atoms with van der Waals surface area (Å²) in [5, 5.41) is 0. The van der Waals surface area contributed by atoms with Crippen LogP contribution < -0.4 is 4.74 Å². The second kappa shape index (κ2) is 11.0. The van der Waals surface area contributed by atoms with Crippen molar-refractivity contribution in [2.75, 3.05) is 13.6 Å². The molecule has 3 aromatic rings. The third-order valence-electron chi connectivity index (χ3n) is 5.49. The fraction of sp³-hybridized carbons (Fsp3) is 0.333. The lowest BCUT2D eigenvalue weighted by molar-refractivity contribution is 0.217. The van der Waals surface area contributed by atoms with Crippen molar-refractivity contribution in [1.29, 1.82) is 0 Å². The van der Waals surface area contributed by atoms with E-state index in [1.54, 1.807) is 13.3 Å². The molecule has 0 bridgehead atoms. The van der Waals surface area contributed by atoms with E-state index < -0.39 is 17.7 Å². The number of aromatic nitrogens is 1. The van der Waals surface area contributed by atoms with Crippen LogP contribution in [0.1, 0.15) is 50.1 Å². The van der Waals surface area contributed by atoms with Crippen LogP contribution in [0.25, 0.3) is 11.1 Å². The number of hydrogen-bond donors (Lipinski definition) is 0. The number of nitrogens with zero attached hydrogens (tertiary/aromatic N) is 3. The molecule has 0 fully saturated rings. The number of pyridine rings is 1. The molecule has 2 aromatic carbocycles. The van der Waals surface area contributed by atoms with Gasteiger partial charge in [0.15, 0.2) is 0 Å². The lowest BCUT2D eigenvalue weighted by Gasteiger charge is -2.19. The monoisotopic (exact) mass is 451 g/mol. The van der Waals surface area contributed by atoms with Crippen LogP contribution in [0.5, 0.6) is 5.88 Å². The predicted octanol–water partition coefficient (Wildman–Crippen LogP) is 7.04. The second-order valence-corrected chi connectivity index (χ2v) is 8.17. The van der Waals surface area contributed by atoms with Gasteiger partial charge in [0.25, 0.3) is 0 Å². The van der Waals surface area contributed by atoms with Crippen LogP contribution >= 0.6 is 0 Å². The summed E-state index contributed by atoms with van der Waals surface area (Å²) in [5.74, 6) is -0.877. The van der Waals surface area contributed by atoms with Gasteiger partial charge in [-0.15, -0.1) is 0 Å². The lowest BCUT2D eigenvalue weighted by Crippen LogP contribution is -2.14. The molecular weight excluding hydrogens is 420 g/mol. The molecule has 4 nitrogen and oxygen atoms in total. The maximum absolute atomic E-state index is 13.7. The largest absolute Gasteiger partial charge is 0.469 e. The maximum atomic E-state index is 13.7. The SMILES string of the molecule is CCCc1ccc(-c2cc(/N=C/N(C)CC)c(C)nc2OC(C)c2cc(F)cc(F)c2)cc1. The molecule has 6 heteroatoms. The first-order chi connectivity index (χ1) is 15.8. The van der Waals surface area contributed by atoms with Crippen LogP contribution in [0.2, 0.25) is 0 Å². The van der Waals surface area contributed by atoms with E-state index in [4.69, 9.17) is 4.74 Å². The van der Waals surface area contributed by atoms with Crippen molar-refractivity contribution in [1.82, 2.24) is 9.88 Å². The van der Waals surface area contributed by atoms with Crippen LogP contribution in [-0.4, -0.2) is 29.8 Å². The first kappa shape index (κ1) is 24.4. The number of hydrogen-bond acceptors (Lipinski definition) is 3. The summed E-state index contributed by atoms with van der Waals surface area (Å²) < 4.78 is 33.6. The number of halogens is 2. The molecule has 0 spiro atoms. The minimum Gasteiger partial charge on any atom is -0.469 e. The number of aliphatic imine (C=N–C) groups is 1. The van der Waals surface area contributed by atoms with E-state index in [-0.39, 0.29) is 0 Å². The van der Waals surface area contributed by atoms with E-state index >= 15 is 0 Å². The predicted molar refractivity (Wildman–Crippen MR) is 130 cm³/mol. The summed E-state index contributed by atoms with van der Waals surface area (Å²) in [5.41, 5.74) is 4.82. The average Bonchev–Trinajstić information content (AvgIpc) is 2.78. The van der Waals surface area contributed by atoms with Crippen molar-refractivity contribution in [3.05, 3.63) is 77.0 Å². The van der Waals surface area contributed by atoms with Crippen molar-refractivity contribution in [3.63, 3.8) is 0 Å². The normalized spacial score (nSPS) is 12.2. The summed E-state index contributed by atoms with van der Waals surface area (Å²) in [7, 11) is 1.96. The van der Waals surface area contributed by atoms with Crippen molar-refractivity contribution in [2.24, 2.45) is 4.99 Å². The summed E-state index contributed by atoms with van der Waals surface area (Å²) in [6.07, 6.45) is 3.26. The van der Waals surface area contributed by atoms with Gasteiger partial charge in [-0.3, -0.25) is 0 Å². The Morgan fingerprint density at radius 2 is 1.73 bits per heavy atom. The Kier molecular flexibility index (Phi) is 8.15. The fourth-order valence-corrected chi connectivity index (χ4v) is 3.43. The molecule has 0 N–H and O–H groups in total. The molecule has 0 amide bonds. The van der Waals surface area contributed by atoms with Gasteiger partial charge >= 0.3 is 0 Å². The van der Waals surface area contributed by atoms with E-state index in [0.29, 0.717) is 17.1 Å². The number of benzene rings is 2. The van der Waals surface area contributed by atoms with Crippen molar-refractivity contribution in [2.45, 2.75) is 46.6 Å². The lowest BCUT2D eigenvalue weighted by atomic mass is 10.0.